The van der Waals surface area contributed by atoms with Crippen molar-refractivity contribution in [3.05, 3.63) is 29.8 Å². The number of carboxylic acids is 1. The van der Waals surface area contributed by atoms with Gasteiger partial charge in [-0.2, -0.15) is 4.31 Å². The summed E-state index contributed by atoms with van der Waals surface area (Å²) in [5, 5.41) is 9.42. The number of rotatable bonds is 5. The molecule has 0 saturated carbocycles. The highest BCUT2D eigenvalue weighted by Crippen LogP contribution is 2.23. The van der Waals surface area contributed by atoms with E-state index in [1.165, 1.54) is 24.0 Å². The molecule has 1 amide bonds. The Morgan fingerprint density at radius 1 is 1.20 bits per heavy atom. The van der Waals surface area contributed by atoms with Crippen LogP contribution >= 0.6 is 0 Å². The molecular formula is C17H24N2O5S. The monoisotopic (exact) mass is 368 g/mol. The summed E-state index contributed by atoms with van der Waals surface area (Å²) in [6.45, 7) is 5.51. The van der Waals surface area contributed by atoms with Crippen LogP contribution in [0.15, 0.2) is 29.2 Å². The number of hydrogen-bond acceptors (Lipinski definition) is 4. The number of aliphatic carboxylic acids is 1. The molecule has 25 heavy (non-hydrogen) atoms. The van der Waals surface area contributed by atoms with Gasteiger partial charge in [0.1, 0.15) is 6.04 Å². The summed E-state index contributed by atoms with van der Waals surface area (Å²) >= 11 is 0. The number of amides is 1. The second-order valence-corrected chi connectivity index (χ2v) is 8.57. The number of carbonyl (C=O) groups excluding carboxylic acids is 1. The van der Waals surface area contributed by atoms with E-state index in [0.29, 0.717) is 5.92 Å². The predicted octanol–water partition coefficient (Wildman–Crippen LogP) is 1.19. The number of piperazine rings is 1. The second-order valence-electron chi connectivity index (χ2n) is 6.68. The van der Waals surface area contributed by atoms with Crippen molar-refractivity contribution in [1.29, 1.82) is 0 Å². The second kappa shape index (κ2) is 7.53. The van der Waals surface area contributed by atoms with E-state index in [4.69, 9.17) is 0 Å². The minimum Gasteiger partial charge on any atom is -0.480 e. The maximum atomic E-state index is 12.9. The van der Waals surface area contributed by atoms with Crippen LogP contribution in [0.2, 0.25) is 0 Å². The summed E-state index contributed by atoms with van der Waals surface area (Å²) in [7, 11) is -3.94. The molecule has 1 aromatic rings. The molecule has 1 saturated heterocycles. The third kappa shape index (κ3) is 4.38. The molecule has 1 N–H and O–H groups in total. The first-order chi connectivity index (χ1) is 11.6. The number of carbonyl (C=O) groups is 2. The molecule has 1 fully saturated rings. The number of carboxylic acid groups (broad SMARTS) is 1. The van der Waals surface area contributed by atoms with Crippen LogP contribution in [0, 0.1) is 5.92 Å². The van der Waals surface area contributed by atoms with Crippen LogP contribution in [0.4, 0.5) is 0 Å². The Morgan fingerprint density at radius 2 is 1.80 bits per heavy atom. The molecule has 1 aliphatic heterocycles. The van der Waals surface area contributed by atoms with Gasteiger partial charge >= 0.3 is 5.97 Å². The Labute approximate surface area is 148 Å². The summed E-state index contributed by atoms with van der Waals surface area (Å²) in [4.78, 5) is 24.5. The van der Waals surface area contributed by atoms with Crippen LogP contribution in [-0.4, -0.2) is 60.3 Å². The van der Waals surface area contributed by atoms with E-state index >= 15 is 0 Å². The van der Waals surface area contributed by atoms with Gasteiger partial charge in [0, 0.05) is 26.6 Å². The lowest BCUT2D eigenvalue weighted by Crippen LogP contribution is -2.58. The fourth-order valence-corrected chi connectivity index (χ4v) is 4.51. The van der Waals surface area contributed by atoms with Crippen molar-refractivity contribution in [2.24, 2.45) is 5.92 Å². The molecule has 0 aromatic heterocycles. The third-order valence-corrected chi connectivity index (χ3v) is 6.16. The first-order valence-electron chi connectivity index (χ1n) is 8.22. The minimum absolute atomic E-state index is 0.0351. The number of hydrogen-bond donors (Lipinski definition) is 1. The lowest BCUT2D eigenvalue weighted by Gasteiger charge is -2.38. The normalized spacial score (nSPS) is 19.2. The van der Waals surface area contributed by atoms with Crippen molar-refractivity contribution >= 4 is 21.9 Å². The zero-order valence-electron chi connectivity index (χ0n) is 14.7. The van der Waals surface area contributed by atoms with Gasteiger partial charge in [0.05, 0.1) is 4.90 Å². The van der Waals surface area contributed by atoms with E-state index in [9.17, 15) is 23.1 Å². The average molecular weight is 368 g/mol. The van der Waals surface area contributed by atoms with Crippen molar-refractivity contribution in [1.82, 2.24) is 9.21 Å². The predicted molar refractivity (Wildman–Crippen MR) is 92.6 cm³/mol. The molecule has 1 atom stereocenters. The van der Waals surface area contributed by atoms with Gasteiger partial charge in [0.15, 0.2) is 0 Å². The van der Waals surface area contributed by atoms with Gasteiger partial charge in [0.2, 0.25) is 15.9 Å². The zero-order valence-corrected chi connectivity index (χ0v) is 15.5. The number of nitrogens with zero attached hydrogens (tertiary/aromatic N) is 2. The summed E-state index contributed by atoms with van der Waals surface area (Å²) in [5.41, 5.74) is 1.03. The quantitative estimate of drug-likeness (QED) is 0.842. The molecule has 0 radical (unpaired) electrons. The standard InChI is InChI=1S/C17H24N2O5S/c1-12(2)10-14-4-6-15(7-5-14)25(23,24)19-9-8-18(13(3)20)11-16(19)17(21)22/h4-7,12,16H,8-11H2,1-3H3,(H,21,22)/t16-/m1/s1. The zero-order chi connectivity index (χ0) is 18.8. The van der Waals surface area contributed by atoms with Crippen molar-refractivity contribution < 1.29 is 23.1 Å². The van der Waals surface area contributed by atoms with Gasteiger partial charge in [-0.25, -0.2) is 8.42 Å². The number of sulfonamides is 1. The van der Waals surface area contributed by atoms with Crippen LogP contribution in [0.5, 0.6) is 0 Å². The molecule has 0 unspecified atom stereocenters. The first kappa shape index (κ1) is 19.4. The smallest absolute Gasteiger partial charge is 0.323 e. The maximum absolute atomic E-state index is 12.9. The molecule has 8 heteroatoms. The maximum Gasteiger partial charge on any atom is 0.323 e. The molecule has 2 rings (SSSR count). The van der Waals surface area contributed by atoms with Crippen molar-refractivity contribution in [2.45, 2.75) is 38.1 Å². The largest absolute Gasteiger partial charge is 0.480 e. The molecule has 0 bridgehead atoms. The highest BCUT2D eigenvalue weighted by molar-refractivity contribution is 7.89. The van der Waals surface area contributed by atoms with Crippen LogP contribution in [0.1, 0.15) is 26.3 Å². The SMILES string of the molecule is CC(=O)N1CCN(S(=O)(=O)c2ccc(CC(C)C)cc2)[C@@H](C(=O)O)C1. The molecule has 0 spiro atoms. The summed E-state index contributed by atoms with van der Waals surface area (Å²) < 4.78 is 26.7. The summed E-state index contributed by atoms with van der Waals surface area (Å²) in [5.74, 6) is -1.06. The molecular weight excluding hydrogens is 344 g/mol. The summed E-state index contributed by atoms with van der Waals surface area (Å²) in [6, 6.07) is 5.27. The van der Waals surface area contributed by atoms with E-state index in [0.717, 1.165) is 16.3 Å². The number of benzene rings is 1. The molecule has 1 aliphatic rings. The summed E-state index contributed by atoms with van der Waals surface area (Å²) in [6.07, 6.45) is 0.843. The Kier molecular flexibility index (Phi) is 5.84. The van der Waals surface area contributed by atoms with Crippen molar-refractivity contribution in [2.75, 3.05) is 19.6 Å². The Bertz CT molecular complexity index is 743. The van der Waals surface area contributed by atoms with Gasteiger partial charge in [-0.05, 0) is 30.0 Å². The molecule has 138 valence electrons. The van der Waals surface area contributed by atoms with Gasteiger partial charge < -0.3 is 10.0 Å². The van der Waals surface area contributed by atoms with E-state index in [1.807, 2.05) is 0 Å². The van der Waals surface area contributed by atoms with Gasteiger partial charge in [-0.1, -0.05) is 26.0 Å². The van der Waals surface area contributed by atoms with Gasteiger partial charge in [0.25, 0.3) is 0 Å². The molecule has 0 aliphatic carbocycles. The van der Waals surface area contributed by atoms with E-state index < -0.39 is 22.0 Å². The first-order valence-corrected chi connectivity index (χ1v) is 9.66. The average Bonchev–Trinajstić information content (AvgIpc) is 2.54. The third-order valence-electron chi connectivity index (χ3n) is 4.24. The van der Waals surface area contributed by atoms with Gasteiger partial charge in [-0.15, -0.1) is 0 Å². The Balaban J connectivity index is 2.28. The lowest BCUT2D eigenvalue weighted by atomic mass is 10.0. The highest BCUT2D eigenvalue weighted by atomic mass is 32.2. The Morgan fingerprint density at radius 3 is 2.28 bits per heavy atom. The van der Waals surface area contributed by atoms with E-state index in [1.54, 1.807) is 12.1 Å². The van der Waals surface area contributed by atoms with Crippen LogP contribution in [-0.2, 0) is 26.0 Å². The fraction of sp³-hybridized carbons (Fsp3) is 0.529. The minimum atomic E-state index is -3.94. The van der Waals surface area contributed by atoms with Crippen molar-refractivity contribution in [3.63, 3.8) is 0 Å². The molecule has 1 heterocycles. The lowest BCUT2D eigenvalue weighted by molar-refractivity contribution is -0.145. The van der Waals surface area contributed by atoms with E-state index in [-0.39, 0.29) is 30.4 Å². The Hall–Kier alpha value is -1.93. The van der Waals surface area contributed by atoms with E-state index in [2.05, 4.69) is 13.8 Å². The van der Waals surface area contributed by atoms with Crippen LogP contribution in [0.25, 0.3) is 0 Å². The topological polar surface area (TPSA) is 95.0 Å². The molecule has 7 nitrogen and oxygen atoms in total. The highest BCUT2D eigenvalue weighted by Gasteiger charge is 2.40. The van der Waals surface area contributed by atoms with Crippen LogP contribution in [0.3, 0.4) is 0 Å². The van der Waals surface area contributed by atoms with Gasteiger partial charge in [-0.3, -0.25) is 9.59 Å². The van der Waals surface area contributed by atoms with Crippen molar-refractivity contribution in [3.8, 4) is 0 Å². The fourth-order valence-electron chi connectivity index (χ4n) is 2.95. The van der Waals surface area contributed by atoms with Crippen LogP contribution < -0.4 is 0 Å². The molecule has 1 aromatic carbocycles.